The van der Waals surface area contributed by atoms with Gasteiger partial charge in [0.2, 0.25) is 0 Å². The summed E-state index contributed by atoms with van der Waals surface area (Å²) in [6.45, 7) is 0. The van der Waals surface area contributed by atoms with Gasteiger partial charge in [0.1, 0.15) is 11.6 Å². The van der Waals surface area contributed by atoms with E-state index < -0.39 is 58.5 Å². The number of nitrogens with one attached hydrogen (secondary N) is 2. The van der Waals surface area contributed by atoms with E-state index in [2.05, 4.69) is 0 Å². The molecule has 2 N–H and O–H groups in total. The van der Waals surface area contributed by atoms with Gasteiger partial charge in [-0.3, -0.25) is 4.79 Å². The van der Waals surface area contributed by atoms with Crippen LogP contribution in [0.5, 0.6) is 5.75 Å². The van der Waals surface area contributed by atoms with Crippen LogP contribution in [0.2, 0.25) is 0 Å². The van der Waals surface area contributed by atoms with Crippen molar-refractivity contribution in [2.45, 2.75) is 35.9 Å². The molecule has 0 radical (unpaired) electrons. The molecule has 180 valence electrons. The van der Waals surface area contributed by atoms with E-state index in [4.69, 9.17) is 4.74 Å². The number of halogens is 12. The Balaban J connectivity index is 2.74. The Kier molecular flexibility index (Phi) is 5.92. The topological polar surface area (TPSA) is 62.7 Å². The Morgan fingerprint density at radius 2 is 1.28 bits per heavy atom. The van der Waals surface area contributed by atoms with Gasteiger partial charge in [-0.1, -0.05) is 0 Å². The minimum Gasteiger partial charge on any atom is -0.497 e. The van der Waals surface area contributed by atoms with Gasteiger partial charge < -0.3 is 10.1 Å². The zero-order chi connectivity index (χ0) is 25.0. The van der Waals surface area contributed by atoms with Gasteiger partial charge in [0, 0.05) is 5.56 Å². The number of carbonyl (C=O) groups excluding carboxylic acids is 1. The van der Waals surface area contributed by atoms with Gasteiger partial charge in [-0.25, -0.2) is 10.3 Å². The van der Waals surface area contributed by atoms with Gasteiger partial charge in [-0.15, -0.1) is 0 Å². The maximum atomic E-state index is 13.5. The van der Waals surface area contributed by atoms with Crippen molar-refractivity contribution in [3.8, 4) is 5.75 Å². The van der Waals surface area contributed by atoms with Crippen molar-refractivity contribution < 1.29 is 62.2 Å². The van der Waals surface area contributed by atoms with Crippen molar-refractivity contribution >= 4 is 11.7 Å². The number of ether oxygens (including phenoxy) is 1. The van der Waals surface area contributed by atoms with Crippen LogP contribution in [0.4, 0.5) is 52.7 Å². The predicted molar refractivity (Wildman–Crippen MR) is 80.7 cm³/mol. The molecule has 1 aromatic rings. The first-order chi connectivity index (χ1) is 14.2. The third kappa shape index (κ3) is 3.81. The van der Waals surface area contributed by atoms with Crippen molar-refractivity contribution in [1.29, 1.82) is 0 Å². The summed E-state index contributed by atoms with van der Waals surface area (Å²) in [5.74, 6) is -4.81. The van der Waals surface area contributed by atoms with Crippen LogP contribution in [0.1, 0.15) is 10.4 Å². The number of alkyl halides is 12. The molecular weight excluding hydrogens is 482 g/mol. The van der Waals surface area contributed by atoms with Crippen molar-refractivity contribution in [3.05, 3.63) is 29.8 Å². The quantitative estimate of drug-likeness (QED) is 0.613. The first-order valence-electron chi connectivity index (χ1n) is 7.85. The molecule has 0 saturated carbocycles. The number of methoxy groups -OCH3 is 1. The number of carbonyl (C=O) groups is 1. The van der Waals surface area contributed by atoms with Gasteiger partial charge in [0.25, 0.3) is 11.4 Å². The summed E-state index contributed by atoms with van der Waals surface area (Å²) in [4.78, 5) is 13.8. The number of amidine groups is 1. The third-order valence-electron chi connectivity index (χ3n) is 4.26. The normalized spacial score (nSPS) is 18.8. The molecule has 1 heterocycles. The van der Waals surface area contributed by atoms with E-state index >= 15 is 0 Å². The SMILES string of the molecule is COc1ccc(C(=O)NC2=NC(C(F)(F)F)(C(F)(F)F)NC2(C(F)(F)F)C(F)(F)F)cc1. The van der Waals surface area contributed by atoms with E-state index in [0.717, 1.165) is 36.7 Å². The average Bonchev–Trinajstić information content (AvgIpc) is 2.99. The molecule has 32 heavy (non-hydrogen) atoms. The molecule has 0 fully saturated rings. The number of benzene rings is 1. The van der Waals surface area contributed by atoms with E-state index in [0.29, 0.717) is 0 Å². The maximum absolute atomic E-state index is 13.5. The van der Waals surface area contributed by atoms with Crippen LogP contribution in [-0.4, -0.2) is 54.8 Å². The maximum Gasteiger partial charge on any atom is 0.436 e. The number of hydrogen-bond acceptors (Lipinski definition) is 4. The molecule has 0 bridgehead atoms. The third-order valence-corrected chi connectivity index (χ3v) is 4.26. The van der Waals surface area contributed by atoms with Crippen LogP contribution in [0.3, 0.4) is 0 Å². The lowest BCUT2D eigenvalue weighted by atomic mass is 9.95. The van der Waals surface area contributed by atoms with E-state index in [9.17, 15) is 57.5 Å². The number of hydrogen-bond donors (Lipinski definition) is 2. The highest BCUT2D eigenvalue weighted by atomic mass is 19.4. The highest BCUT2D eigenvalue weighted by molar-refractivity contribution is 6.11. The minimum absolute atomic E-state index is 0.0644. The zero-order valence-electron chi connectivity index (χ0n) is 15.1. The van der Waals surface area contributed by atoms with Crippen molar-refractivity contribution in [3.63, 3.8) is 0 Å². The standard InChI is InChI=1S/C15H9F12N3O2/c1-32-7-4-2-6(3-5-7)8(31)28-9-10(12(16,17)18,13(19,20)21)30-11(29-9,14(22,23)24)15(25,26)27/h2-5,30H,1H3,(H,28,29,31). The number of aliphatic imine (C=N–C) groups is 1. The van der Waals surface area contributed by atoms with Crippen LogP contribution in [0.25, 0.3) is 0 Å². The molecule has 2 rings (SSSR count). The Bertz CT molecular complexity index is 869. The second kappa shape index (κ2) is 7.41. The first kappa shape index (κ1) is 25.5. The average molecular weight is 491 g/mol. The smallest absolute Gasteiger partial charge is 0.436 e. The van der Waals surface area contributed by atoms with E-state index in [1.165, 1.54) is 0 Å². The summed E-state index contributed by atoms with van der Waals surface area (Å²) >= 11 is 0. The molecule has 1 aliphatic heterocycles. The Hall–Kier alpha value is -2.72. The van der Waals surface area contributed by atoms with Gasteiger partial charge in [-0.2, -0.15) is 52.7 Å². The molecule has 0 aromatic heterocycles. The summed E-state index contributed by atoms with van der Waals surface area (Å²) in [7, 11) is 1.16. The first-order valence-corrected chi connectivity index (χ1v) is 7.85. The number of rotatable bonds is 2. The lowest BCUT2D eigenvalue weighted by Gasteiger charge is -2.39. The molecule has 5 nitrogen and oxygen atoms in total. The molecule has 1 amide bonds. The molecule has 0 atom stereocenters. The fourth-order valence-corrected chi connectivity index (χ4v) is 2.65. The Labute approximate surface area is 169 Å². The van der Waals surface area contributed by atoms with Crippen molar-refractivity contribution in [1.82, 2.24) is 10.6 Å². The van der Waals surface area contributed by atoms with E-state index in [1.54, 1.807) is 4.99 Å². The summed E-state index contributed by atoms with van der Waals surface area (Å²) in [6, 6.07) is 3.56. The van der Waals surface area contributed by atoms with Gasteiger partial charge >= 0.3 is 30.4 Å². The molecular formula is C15H9F12N3O2. The lowest BCUT2D eigenvalue weighted by Crippen LogP contribution is -2.77. The van der Waals surface area contributed by atoms with E-state index in [1.807, 2.05) is 0 Å². The van der Waals surface area contributed by atoms with Crippen LogP contribution in [0, 0.1) is 0 Å². The van der Waals surface area contributed by atoms with Crippen LogP contribution >= 0.6 is 0 Å². The fourth-order valence-electron chi connectivity index (χ4n) is 2.65. The second-order valence-corrected chi connectivity index (χ2v) is 6.22. The highest BCUT2D eigenvalue weighted by Gasteiger charge is 2.86. The molecule has 1 aromatic carbocycles. The lowest BCUT2D eigenvalue weighted by molar-refractivity contribution is -0.333. The highest BCUT2D eigenvalue weighted by Crippen LogP contribution is 2.55. The molecule has 17 heteroatoms. The van der Waals surface area contributed by atoms with Gasteiger partial charge in [0.15, 0.2) is 0 Å². The minimum atomic E-state index is -6.85. The molecule has 0 unspecified atom stereocenters. The molecule has 0 spiro atoms. The van der Waals surface area contributed by atoms with E-state index in [-0.39, 0.29) is 5.75 Å². The summed E-state index contributed by atoms with van der Waals surface area (Å²) in [5.41, 5.74) is -12.7. The van der Waals surface area contributed by atoms with Crippen molar-refractivity contribution in [2.24, 2.45) is 4.99 Å². The molecule has 1 aliphatic rings. The fraction of sp³-hybridized carbons (Fsp3) is 0.467. The Morgan fingerprint density at radius 1 is 0.844 bits per heavy atom. The summed E-state index contributed by atoms with van der Waals surface area (Å²) in [6.07, 6.45) is -27.3. The van der Waals surface area contributed by atoms with Crippen LogP contribution < -0.4 is 15.4 Å². The van der Waals surface area contributed by atoms with Gasteiger partial charge in [-0.05, 0) is 24.3 Å². The van der Waals surface area contributed by atoms with Gasteiger partial charge in [0.05, 0.1) is 7.11 Å². The zero-order valence-corrected chi connectivity index (χ0v) is 15.1. The predicted octanol–water partition coefficient (Wildman–Crippen LogP) is 4.11. The number of nitrogens with zero attached hydrogens (tertiary/aromatic N) is 1. The van der Waals surface area contributed by atoms with Crippen LogP contribution in [-0.2, 0) is 0 Å². The summed E-state index contributed by atoms with van der Waals surface area (Å²) < 4.78 is 165. The largest absolute Gasteiger partial charge is 0.497 e. The molecule has 0 aliphatic carbocycles. The van der Waals surface area contributed by atoms with Crippen LogP contribution in [0.15, 0.2) is 29.3 Å². The number of amides is 1. The summed E-state index contributed by atoms with van der Waals surface area (Å²) in [5, 5.41) is 0.368. The monoisotopic (exact) mass is 491 g/mol. The Morgan fingerprint density at radius 3 is 1.62 bits per heavy atom. The van der Waals surface area contributed by atoms with Crippen molar-refractivity contribution in [2.75, 3.05) is 7.11 Å². The molecule has 0 saturated heterocycles. The second-order valence-electron chi connectivity index (χ2n) is 6.22.